The van der Waals surface area contributed by atoms with Crippen LogP contribution in [0.25, 0.3) is 11.1 Å². The highest BCUT2D eigenvalue weighted by Crippen LogP contribution is 2.23. The van der Waals surface area contributed by atoms with Crippen molar-refractivity contribution >= 4 is 5.96 Å². The van der Waals surface area contributed by atoms with E-state index in [-0.39, 0.29) is 0 Å². The Hall–Kier alpha value is -2.88. The van der Waals surface area contributed by atoms with E-state index in [9.17, 15) is 5.26 Å². The lowest BCUT2D eigenvalue weighted by Crippen LogP contribution is -2.39. The molecular formula is C22H27N5O. The SMILES string of the molecule is N#Cc1ccccc1-c1ccc(CN=C(N)NCCCN2CCOCC2)cc1. The van der Waals surface area contributed by atoms with Gasteiger partial charge in [-0.2, -0.15) is 5.26 Å². The number of nitrogens with one attached hydrogen (secondary N) is 1. The number of nitrogens with two attached hydrogens (primary N) is 1. The molecule has 1 aliphatic heterocycles. The summed E-state index contributed by atoms with van der Waals surface area (Å²) < 4.78 is 5.35. The molecule has 0 aliphatic carbocycles. The van der Waals surface area contributed by atoms with E-state index in [1.54, 1.807) is 0 Å². The standard InChI is InChI=1S/C22H27N5O/c23-16-20-4-1-2-5-21(20)19-8-6-18(7-9-19)17-26-22(24)25-10-3-11-27-12-14-28-15-13-27/h1-2,4-9H,3,10-15,17H2,(H3,24,25,26). The quantitative estimate of drug-likeness (QED) is 0.439. The Morgan fingerprint density at radius 3 is 2.64 bits per heavy atom. The second kappa shape index (κ2) is 10.5. The first kappa shape index (κ1) is 19.9. The highest BCUT2D eigenvalue weighted by Gasteiger charge is 2.09. The molecule has 0 bridgehead atoms. The molecule has 3 N–H and O–H groups in total. The molecule has 0 saturated carbocycles. The Morgan fingerprint density at radius 2 is 1.89 bits per heavy atom. The van der Waals surface area contributed by atoms with Crippen molar-refractivity contribution in [2.45, 2.75) is 13.0 Å². The fraction of sp³-hybridized carbons (Fsp3) is 0.364. The molecule has 1 fully saturated rings. The third kappa shape index (κ3) is 5.81. The van der Waals surface area contributed by atoms with Crippen LogP contribution in [-0.4, -0.2) is 50.3 Å². The molecule has 146 valence electrons. The van der Waals surface area contributed by atoms with Crippen LogP contribution in [-0.2, 0) is 11.3 Å². The van der Waals surface area contributed by atoms with Gasteiger partial charge in [-0.3, -0.25) is 4.90 Å². The van der Waals surface area contributed by atoms with Crippen LogP contribution >= 0.6 is 0 Å². The number of ether oxygens (including phenoxy) is 1. The van der Waals surface area contributed by atoms with Gasteiger partial charge in [-0.05, 0) is 35.7 Å². The first-order chi connectivity index (χ1) is 13.8. The van der Waals surface area contributed by atoms with Gasteiger partial charge in [0.05, 0.1) is 31.4 Å². The number of nitrogens with zero attached hydrogens (tertiary/aromatic N) is 3. The van der Waals surface area contributed by atoms with E-state index < -0.39 is 0 Å². The maximum absolute atomic E-state index is 9.25. The van der Waals surface area contributed by atoms with Gasteiger partial charge in [0, 0.05) is 19.6 Å². The maximum Gasteiger partial charge on any atom is 0.188 e. The molecule has 0 radical (unpaired) electrons. The minimum Gasteiger partial charge on any atom is -0.379 e. The summed E-state index contributed by atoms with van der Waals surface area (Å²) >= 11 is 0. The summed E-state index contributed by atoms with van der Waals surface area (Å²) in [6.07, 6.45) is 1.03. The fourth-order valence-electron chi connectivity index (χ4n) is 3.20. The second-order valence-electron chi connectivity index (χ2n) is 6.79. The van der Waals surface area contributed by atoms with E-state index in [0.29, 0.717) is 18.1 Å². The Kier molecular flexibility index (Phi) is 7.42. The molecule has 0 unspecified atom stereocenters. The molecule has 2 aromatic carbocycles. The van der Waals surface area contributed by atoms with Crippen LogP contribution in [0.5, 0.6) is 0 Å². The van der Waals surface area contributed by atoms with Crippen molar-refractivity contribution in [3.8, 4) is 17.2 Å². The van der Waals surface area contributed by atoms with Crippen LogP contribution in [0.1, 0.15) is 17.5 Å². The molecule has 0 spiro atoms. The average Bonchev–Trinajstić information content (AvgIpc) is 2.76. The number of hydrogen-bond acceptors (Lipinski definition) is 4. The van der Waals surface area contributed by atoms with Gasteiger partial charge in [0.1, 0.15) is 0 Å². The third-order valence-corrected chi connectivity index (χ3v) is 4.81. The topological polar surface area (TPSA) is 86.7 Å². The Bertz CT molecular complexity index is 820. The Labute approximate surface area is 166 Å². The van der Waals surface area contributed by atoms with E-state index in [4.69, 9.17) is 10.5 Å². The van der Waals surface area contributed by atoms with Crippen molar-refractivity contribution in [3.05, 3.63) is 59.7 Å². The average molecular weight is 377 g/mol. The van der Waals surface area contributed by atoms with Gasteiger partial charge in [0.2, 0.25) is 0 Å². The minimum absolute atomic E-state index is 0.473. The van der Waals surface area contributed by atoms with Crippen LogP contribution < -0.4 is 11.1 Å². The van der Waals surface area contributed by atoms with Crippen LogP contribution in [0.15, 0.2) is 53.5 Å². The normalized spacial score (nSPS) is 15.2. The highest BCUT2D eigenvalue weighted by molar-refractivity contribution is 5.77. The van der Waals surface area contributed by atoms with Gasteiger partial charge in [-0.25, -0.2) is 4.99 Å². The molecule has 6 heteroatoms. The zero-order chi connectivity index (χ0) is 19.6. The van der Waals surface area contributed by atoms with Gasteiger partial charge in [0.15, 0.2) is 5.96 Å². The summed E-state index contributed by atoms with van der Waals surface area (Å²) in [7, 11) is 0. The van der Waals surface area contributed by atoms with Crippen molar-refractivity contribution in [2.75, 3.05) is 39.4 Å². The van der Waals surface area contributed by atoms with Crippen molar-refractivity contribution in [2.24, 2.45) is 10.7 Å². The number of nitriles is 1. The van der Waals surface area contributed by atoms with Crippen LogP contribution in [0.4, 0.5) is 0 Å². The van der Waals surface area contributed by atoms with Crippen LogP contribution in [0, 0.1) is 11.3 Å². The predicted octanol–water partition coefficient (Wildman–Crippen LogP) is 2.35. The summed E-state index contributed by atoms with van der Waals surface area (Å²) in [5.74, 6) is 0.473. The van der Waals surface area contributed by atoms with Gasteiger partial charge in [-0.1, -0.05) is 42.5 Å². The van der Waals surface area contributed by atoms with Gasteiger partial charge >= 0.3 is 0 Å². The number of morpholine rings is 1. The number of rotatable bonds is 7. The lowest BCUT2D eigenvalue weighted by molar-refractivity contribution is 0.0376. The molecule has 1 heterocycles. The maximum atomic E-state index is 9.25. The van der Waals surface area contributed by atoms with Crippen LogP contribution in [0.2, 0.25) is 0 Å². The molecule has 6 nitrogen and oxygen atoms in total. The third-order valence-electron chi connectivity index (χ3n) is 4.81. The molecule has 0 atom stereocenters. The van der Waals surface area contributed by atoms with Crippen molar-refractivity contribution in [1.29, 1.82) is 5.26 Å². The van der Waals surface area contributed by atoms with Crippen molar-refractivity contribution in [1.82, 2.24) is 10.2 Å². The molecule has 1 saturated heterocycles. The Balaban J connectivity index is 1.45. The zero-order valence-electron chi connectivity index (χ0n) is 16.1. The van der Waals surface area contributed by atoms with E-state index in [1.807, 2.05) is 48.5 Å². The predicted molar refractivity (Wildman–Crippen MR) is 112 cm³/mol. The smallest absolute Gasteiger partial charge is 0.188 e. The number of hydrogen-bond donors (Lipinski definition) is 2. The summed E-state index contributed by atoms with van der Waals surface area (Å²) in [4.78, 5) is 6.82. The molecule has 3 rings (SSSR count). The number of guanidine groups is 1. The van der Waals surface area contributed by atoms with Gasteiger partial charge in [-0.15, -0.1) is 0 Å². The van der Waals surface area contributed by atoms with E-state index >= 15 is 0 Å². The Morgan fingerprint density at radius 1 is 1.14 bits per heavy atom. The van der Waals surface area contributed by atoms with Gasteiger partial charge in [0.25, 0.3) is 0 Å². The summed E-state index contributed by atoms with van der Waals surface area (Å²) in [5, 5.41) is 12.4. The lowest BCUT2D eigenvalue weighted by Gasteiger charge is -2.26. The fourth-order valence-corrected chi connectivity index (χ4v) is 3.20. The molecule has 28 heavy (non-hydrogen) atoms. The zero-order valence-corrected chi connectivity index (χ0v) is 16.1. The highest BCUT2D eigenvalue weighted by atomic mass is 16.5. The first-order valence-corrected chi connectivity index (χ1v) is 9.68. The number of aliphatic imine (C=N–C) groups is 1. The molecule has 0 amide bonds. The summed E-state index contributed by atoms with van der Waals surface area (Å²) in [6, 6.07) is 17.9. The molecular weight excluding hydrogens is 350 g/mol. The van der Waals surface area contributed by atoms with Crippen LogP contribution in [0.3, 0.4) is 0 Å². The largest absolute Gasteiger partial charge is 0.379 e. The summed E-state index contributed by atoms with van der Waals surface area (Å²) in [6.45, 7) is 6.08. The monoisotopic (exact) mass is 377 g/mol. The summed E-state index contributed by atoms with van der Waals surface area (Å²) in [5.41, 5.74) is 9.70. The second-order valence-corrected chi connectivity index (χ2v) is 6.79. The lowest BCUT2D eigenvalue weighted by atomic mass is 9.99. The molecule has 0 aromatic heterocycles. The number of benzene rings is 2. The van der Waals surface area contributed by atoms with E-state index in [2.05, 4.69) is 21.3 Å². The first-order valence-electron chi connectivity index (χ1n) is 9.68. The molecule has 1 aliphatic rings. The van der Waals surface area contributed by atoms with E-state index in [0.717, 1.165) is 62.5 Å². The van der Waals surface area contributed by atoms with E-state index in [1.165, 1.54) is 0 Å². The van der Waals surface area contributed by atoms with Crippen molar-refractivity contribution in [3.63, 3.8) is 0 Å². The molecule has 2 aromatic rings. The minimum atomic E-state index is 0.473. The van der Waals surface area contributed by atoms with Gasteiger partial charge < -0.3 is 15.8 Å². The van der Waals surface area contributed by atoms with Crippen molar-refractivity contribution < 1.29 is 4.74 Å².